The van der Waals surface area contributed by atoms with Crippen molar-refractivity contribution in [3.05, 3.63) is 22.4 Å². The molecule has 2 unspecified atom stereocenters. The molecule has 5 nitrogen and oxygen atoms in total. The second kappa shape index (κ2) is 4.93. The van der Waals surface area contributed by atoms with Gasteiger partial charge >= 0.3 is 0 Å². The van der Waals surface area contributed by atoms with Crippen LogP contribution in [0.2, 0.25) is 10.2 Å². The molecule has 0 aliphatic carbocycles. The first-order valence-corrected chi connectivity index (χ1v) is 7.78. The van der Waals surface area contributed by atoms with E-state index in [9.17, 15) is 0 Å². The van der Waals surface area contributed by atoms with Crippen LogP contribution in [0, 0.1) is 11.8 Å². The fourth-order valence-electron chi connectivity index (χ4n) is 3.49. The van der Waals surface area contributed by atoms with Crippen molar-refractivity contribution in [2.75, 3.05) is 38.1 Å². The number of anilines is 1. The summed E-state index contributed by atoms with van der Waals surface area (Å²) in [4.78, 5) is 17.9. The van der Waals surface area contributed by atoms with Crippen molar-refractivity contribution >= 4 is 40.2 Å². The molecule has 4 rings (SSSR count). The minimum Gasteiger partial charge on any atom is -0.353 e. The van der Waals surface area contributed by atoms with Gasteiger partial charge in [-0.3, -0.25) is 0 Å². The lowest BCUT2D eigenvalue weighted by molar-refractivity contribution is 0.387. The smallest absolute Gasteiger partial charge is 0.180 e. The fraction of sp³-hybridized carbons (Fsp3) is 0.500. The van der Waals surface area contributed by atoms with Crippen LogP contribution in [0.1, 0.15) is 0 Å². The highest BCUT2D eigenvalue weighted by atomic mass is 35.5. The molecule has 7 heteroatoms. The molecule has 2 aliphatic rings. The highest BCUT2D eigenvalue weighted by molar-refractivity contribution is 6.32. The second-order valence-corrected chi connectivity index (χ2v) is 6.78. The van der Waals surface area contributed by atoms with E-state index in [1.54, 1.807) is 12.3 Å². The molecule has 110 valence electrons. The predicted octanol–water partition coefficient (Wildman–Crippen LogP) is 2.33. The van der Waals surface area contributed by atoms with Gasteiger partial charge in [-0.25, -0.2) is 15.0 Å². The first-order chi connectivity index (χ1) is 10.1. The molecule has 2 fully saturated rings. The highest BCUT2D eigenvalue weighted by Crippen LogP contribution is 2.35. The summed E-state index contributed by atoms with van der Waals surface area (Å²) in [5, 5.41) is 0.972. The van der Waals surface area contributed by atoms with Crippen molar-refractivity contribution in [3.8, 4) is 0 Å². The lowest BCUT2D eigenvalue weighted by Gasteiger charge is -2.21. The minimum atomic E-state index is 0.430. The van der Waals surface area contributed by atoms with Crippen LogP contribution in [0.4, 0.5) is 5.82 Å². The van der Waals surface area contributed by atoms with Crippen LogP contribution in [0.25, 0.3) is 11.2 Å². The minimum absolute atomic E-state index is 0.430. The third-order valence-electron chi connectivity index (χ3n) is 4.40. The molecule has 0 spiro atoms. The number of hydrogen-bond donors (Lipinski definition) is 0. The van der Waals surface area contributed by atoms with Crippen molar-refractivity contribution in [1.82, 2.24) is 19.9 Å². The van der Waals surface area contributed by atoms with Crippen LogP contribution < -0.4 is 4.90 Å². The molecule has 2 aromatic rings. The van der Waals surface area contributed by atoms with E-state index in [2.05, 4.69) is 31.8 Å². The summed E-state index contributed by atoms with van der Waals surface area (Å²) in [6.45, 7) is 4.27. The van der Waals surface area contributed by atoms with Gasteiger partial charge in [0.1, 0.15) is 5.52 Å². The van der Waals surface area contributed by atoms with Gasteiger partial charge in [-0.1, -0.05) is 23.2 Å². The molecule has 0 amide bonds. The summed E-state index contributed by atoms with van der Waals surface area (Å²) < 4.78 is 0. The number of rotatable bonds is 1. The Balaban J connectivity index is 1.68. The molecule has 0 bridgehead atoms. The van der Waals surface area contributed by atoms with Crippen LogP contribution >= 0.6 is 23.2 Å². The number of likely N-dealkylation sites (tertiary alicyclic amines) is 1. The first kappa shape index (κ1) is 13.5. The number of nitrogens with zero attached hydrogens (tertiary/aromatic N) is 5. The Morgan fingerprint density at radius 2 is 1.81 bits per heavy atom. The van der Waals surface area contributed by atoms with E-state index in [0.717, 1.165) is 32.0 Å². The van der Waals surface area contributed by atoms with Crippen molar-refractivity contribution in [1.29, 1.82) is 0 Å². The van der Waals surface area contributed by atoms with Gasteiger partial charge in [0.15, 0.2) is 16.6 Å². The predicted molar refractivity (Wildman–Crippen MR) is 84.0 cm³/mol. The molecule has 0 N–H and O–H groups in total. The van der Waals surface area contributed by atoms with Crippen molar-refractivity contribution in [2.45, 2.75) is 0 Å². The molecule has 2 aromatic heterocycles. The third-order valence-corrected chi connectivity index (χ3v) is 4.86. The Morgan fingerprint density at radius 3 is 2.52 bits per heavy atom. The van der Waals surface area contributed by atoms with Gasteiger partial charge < -0.3 is 9.80 Å². The molecule has 0 saturated carbocycles. The maximum Gasteiger partial charge on any atom is 0.180 e. The summed E-state index contributed by atoms with van der Waals surface area (Å²) >= 11 is 12.3. The standard InChI is InChI=1S/C14H15Cl2N5/c1-20-4-8-6-21(7-9(8)5-20)14-12(16)18-11-2-10(15)3-17-13(11)19-14/h2-3,8-9H,4-7H2,1H3. The van der Waals surface area contributed by atoms with Crippen LogP contribution in [-0.2, 0) is 0 Å². The van der Waals surface area contributed by atoms with Crippen LogP contribution in [0.5, 0.6) is 0 Å². The van der Waals surface area contributed by atoms with Crippen molar-refractivity contribution < 1.29 is 0 Å². The SMILES string of the molecule is CN1CC2CN(c3nc4ncc(Cl)cc4nc3Cl)CC2C1. The lowest BCUT2D eigenvalue weighted by Crippen LogP contribution is -2.27. The largest absolute Gasteiger partial charge is 0.353 e. The van der Waals surface area contributed by atoms with Crippen LogP contribution in [-0.4, -0.2) is 53.1 Å². The van der Waals surface area contributed by atoms with Gasteiger partial charge in [0.2, 0.25) is 0 Å². The summed E-state index contributed by atoms with van der Waals surface area (Å²) in [7, 11) is 2.18. The number of pyridine rings is 1. The third kappa shape index (κ3) is 2.33. The molecule has 2 saturated heterocycles. The summed E-state index contributed by atoms with van der Waals surface area (Å²) in [5.41, 5.74) is 1.23. The van der Waals surface area contributed by atoms with Crippen LogP contribution in [0.15, 0.2) is 12.3 Å². The molecule has 0 aromatic carbocycles. The van der Waals surface area contributed by atoms with Crippen molar-refractivity contribution in [2.24, 2.45) is 11.8 Å². The topological polar surface area (TPSA) is 45.2 Å². The number of aromatic nitrogens is 3. The summed E-state index contributed by atoms with van der Waals surface area (Å²) in [5.74, 6) is 2.14. The van der Waals surface area contributed by atoms with Crippen LogP contribution in [0.3, 0.4) is 0 Å². The average molecular weight is 324 g/mol. The Hall–Kier alpha value is -1.17. The molecule has 2 atom stereocenters. The van der Waals surface area contributed by atoms with E-state index in [1.165, 1.54) is 0 Å². The Labute approximate surface area is 132 Å². The van der Waals surface area contributed by atoms with E-state index < -0.39 is 0 Å². The van der Waals surface area contributed by atoms with E-state index in [-0.39, 0.29) is 0 Å². The molecule has 21 heavy (non-hydrogen) atoms. The fourth-order valence-corrected chi connectivity index (χ4v) is 3.90. The van der Waals surface area contributed by atoms with E-state index in [0.29, 0.717) is 33.2 Å². The maximum absolute atomic E-state index is 6.32. The normalized spacial score (nSPS) is 25.8. The molecule has 0 radical (unpaired) electrons. The van der Waals surface area contributed by atoms with Gasteiger partial charge in [0.25, 0.3) is 0 Å². The maximum atomic E-state index is 6.32. The van der Waals surface area contributed by atoms with E-state index in [1.807, 2.05) is 0 Å². The van der Waals surface area contributed by atoms with Gasteiger partial charge in [-0.15, -0.1) is 0 Å². The zero-order valence-electron chi connectivity index (χ0n) is 11.6. The van der Waals surface area contributed by atoms with Gasteiger partial charge in [-0.05, 0) is 24.9 Å². The Morgan fingerprint density at radius 1 is 1.10 bits per heavy atom. The average Bonchev–Trinajstić information content (AvgIpc) is 2.94. The van der Waals surface area contributed by atoms with Gasteiger partial charge in [0, 0.05) is 32.4 Å². The monoisotopic (exact) mass is 323 g/mol. The molecular weight excluding hydrogens is 309 g/mol. The van der Waals surface area contributed by atoms with E-state index in [4.69, 9.17) is 23.2 Å². The van der Waals surface area contributed by atoms with Gasteiger partial charge in [0.05, 0.1) is 5.02 Å². The number of hydrogen-bond acceptors (Lipinski definition) is 5. The quantitative estimate of drug-likeness (QED) is 0.806. The van der Waals surface area contributed by atoms with E-state index >= 15 is 0 Å². The Bertz CT molecular complexity index is 693. The zero-order chi connectivity index (χ0) is 14.6. The summed E-state index contributed by atoms with van der Waals surface area (Å²) in [6, 6.07) is 1.74. The van der Waals surface area contributed by atoms with Crippen molar-refractivity contribution in [3.63, 3.8) is 0 Å². The summed E-state index contributed by atoms with van der Waals surface area (Å²) in [6.07, 6.45) is 1.59. The first-order valence-electron chi connectivity index (χ1n) is 7.02. The highest BCUT2D eigenvalue weighted by Gasteiger charge is 2.39. The molecule has 2 aliphatic heterocycles. The lowest BCUT2D eigenvalue weighted by atomic mass is 10.0. The Kier molecular flexibility index (Phi) is 3.17. The zero-order valence-corrected chi connectivity index (χ0v) is 13.1. The van der Waals surface area contributed by atoms with Gasteiger partial charge in [-0.2, -0.15) is 0 Å². The second-order valence-electron chi connectivity index (χ2n) is 5.98. The molecule has 4 heterocycles. The number of fused-ring (bicyclic) bond motifs is 2. The molecular formula is C14H15Cl2N5. The number of halogens is 2.